The van der Waals surface area contributed by atoms with Gasteiger partial charge in [-0.1, -0.05) is 36.4 Å². The molecule has 0 amide bonds. The molecule has 1 aliphatic heterocycles. The van der Waals surface area contributed by atoms with Crippen LogP contribution in [0.5, 0.6) is 0 Å². The van der Waals surface area contributed by atoms with E-state index in [1.807, 2.05) is 28.9 Å². The number of fused-ring (bicyclic) bond motifs is 1. The van der Waals surface area contributed by atoms with E-state index in [1.54, 1.807) is 0 Å². The van der Waals surface area contributed by atoms with Crippen molar-refractivity contribution >= 4 is 5.82 Å². The summed E-state index contributed by atoms with van der Waals surface area (Å²) in [7, 11) is 0. The maximum Gasteiger partial charge on any atom is 0.133 e. The molecular weight excluding hydrogens is 308 g/mol. The Morgan fingerprint density at radius 1 is 1.08 bits per heavy atom. The van der Waals surface area contributed by atoms with E-state index >= 15 is 0 Å². The van der Waals surface area contributed by atoms with Gasteiger partial charge in [-0.15, -0.1) is 0 Å². The monoisotopic (exact) mass is 328 g/mol. The molecule has 0 saturated carbocycles. The van der Waals surface area contributed by atoms with Crippen LogP contribution in [0, 0.1) is 18.3 Å². The molecule has 2 heterocycles. The van der Waals surface area contributed by atoms with Gasteiger partial charge in [0.05, 0.1) is 16.9 Å². The van der Waals surface area contributed by atoms with Crippen LogP contribution in [0.3, 0.4) is 0 Å². The van der Waals surface area contributed by atoms with Crippen molar-refractivity contribution in [2.24, 2.45) is 0 Å². The molecular formula is C21H20N4. The van der Waals surface area contributed by atoms with Gasteiger partial charge in [0.1, 0.15) is 11.9 Å². The molecule has 4 nitrogen and oxygen atoms in total. The number of aryl methyl sites for hydroxylation is 1. The van der Waals surface area contributed by atoms with Crippen LogP contribution in [-0.2, 0) is 6.42 Å². The minimum Gasteiger partial charge on any atom is -0.370 e. The van der Waals surface area contributed by atoms with E-state index in [-0.39, 0.29) is 0 Å². The lowest BCUT2D eigenvalue weighted by atomic mass is 10.00. The number of para-hydroxylation sites is 1. The molecule has 2 aromatic carbocycles. The highest BCUT2D eigenvalue weighted by atomic mass is 15.3. The zero-order chi connectivity index (χ0) is 17.2. The topological polar surface area (TPSA) is 53.6 Å². The van der Waals surface area contributed by atoms with Gasteiger partial charge in [-0.25, -0.2) is 4.68 Å². The van der Waals surface area contributed by atoms with E-state index in [0.717, 1.165) is 48.6 Å². The van der Waals surface area contributed by atoms with Crippen LogP contribution >= 0.6 is 0 Å². The number of rotatable bonds is 2. The molecule has 3 aromatic rings. The Kier molecular flexibility index (Phi) is 3.99. The number of anilines is 1. The van der Waals surface area contributed by atoms with Gasteiger partial charge in [-0.2, -0.15) is 10.4 Å². The maximum atomic E-state index is 9.50. The summed E-state index contributed by atoms with van der Waals surface area (Å²) in [6.07, 6.45) is 3.28. The largest absolute Gasteiger partial charge is 0.370 e. The molecule has 4 heteroatoms. The number of aromatic nitrogens is 2. The fourth-order valence-corrected chi connectivity index (χ4v) is 3.48. The quantitative estimate of drug-likeness (QED) is 0.755. The van der Waals surface area contributed by atoms with Gasteiger partial charge >= 0.3 is 0 Å². The first-order valence-corrected chi connectivity index (χ1v) is 8.71. The number of nitriles is 1. The Labute approximate surface area is 147 Å². The molecule has 0 bridgehead atoms. The van der Waals surface area contributed by atoms with E-state index in [4.69, 9.17) is 5.10 Å². The summed E-state index contributed by atoms with van der Waals surface area (Å²) in [5.41, 5.74) is 6.11. The van der Waals surface area contributed by atoms with Crippen LogP contribution < -0.4 is 5.32 Å². The summed E-state index contributed by atoms with van der Waals surface area (Å²) >= 11 is 0. The van der Waals surface area contributed by atoms with Crippen molar-refractivity contribution < 1.29 is 0 Å². The molecule has 1 aromatic heterocycles. The Hall–Kier alpha value is -3.06. The Bertz CT molecular complexity index is 962. The zero-order valence-corrected chi connectivity index (χ0v) is 14.3. The van der Waals surface area contributed by atoms with Crippen LogP contribution in [0.15, 0.2) is 48.5 Å². The molecule has 1 aliphatic rings. The highest BCUT2D eigenvalue weighted by Gasteiger charge is 2.23. The van der Waals surface area contributed by atoms with E-state index in [1.165, 1.54) is 11.1 Å². The molecule has 0 fully saturated rings. The molecule has 4 rings (SSSR count). The first kappa shape index (κ1) is 15.5. The molecule has 0 aliphatic carbocycles. The molecule has 0 spiro atoms. The summed E-state index contributed by atoms with van der Waals surface area (Å²) in [4.78, 5) is 0. The average molecular weight is 328 g/mol. The second-order valence-electron chi connectivity index (χ2n) is 6.42. The van der Waals surface area contributed by atoms with E-state index < -0.39 is 0 Å². The molecule has 124 valence electrons. The summed E-state index contributed by atoms with van der Waals surface area (Å²) in [6.45, 7) is 3.05. The lowest BCUT2D eigenvalue weighted by molar-refractivity contribution is 0.780. The SMILES string of the molecule is Cc1ccccc1-c1nn(-c2ccccc2C#N)c2c1CCCCN2. The van der Waals surface area contributed by atoms with Gasteiger partial charge in [0.15, 0.2) is 0 Å². The Morgan fingerprint density at radius 2 is 1.88 bits per heavy atom. The van der Waals surface area contributed by atoms with Crippen molar-refractivity contribution in [3.05, 3.63) is 65.2 Å². The van der Waals surface area contributed by atoms with Crippen molar-refractivity contribution in [1.82, 2.24) is 9.78 Å². The molecule has 0 atom stereocenters. The fraction of sp³-hybridized carbons (Fsp3) is 0.238. The van der Waals surface area contributed by atoms with Crippen molar-refractivity contribution in [1.29, 1.82) is 5.26 Å². The number of nitrogens with zero attached hydrogens (tertiary/aromatic N) is 3. The van der Waals surface area contributed by atoms with Gasteiger partial charge in [0.25, 0.3) is 0 Å². The van der Waals surface area contributed by atoms with Crippen LogP contribution in [-0.4, -0.2) is 16.3 Å². The molecule has 0 radical (unpaired) electrons. The summed E-state index contributed by atoms with van der Waals surface area (Å²) in [5.74, 6) is 1.03. The molecule has 0 saturated heterocycles. The first-order chi connectivity index (χ1) is 12.3. The van der Waals surface area contributed by atoms with E-state index in [9.17, 15) is 5.26 Å². The normalized spacial score (nSPS) is 13.4. The second-order valence-corrected chi connectivity index (χ2v) is 6.42. The third kappa shape index (κ3) is 2.68. The smallest absolute Gasteiger partial charge is 0.133 e. The van der Waals surface area contributed by atoms with Crippen LogP contribution in [0.1, 0.15) is 29.5 Å². The standard InChI is InChI=1S/C21H20N4/c1-15-8-2-4-10-17(15)20-18-11-6-7-13-23-21(18)25(24-20)19-12-5-3-9-16(19)14-22/h2-5,8-10,12,23H,6-7,11,13H2,1H3. The van der Waals surface area contributed by atoms with Gasteiger partial charge in [0.2, 0.25) is 0 Å². The highest BCUT2D eigenvalue weighted by molar-refractivity contribution is 5.74. The third-order valence-corrected chi connectivity index (χ3v) is 4.78. The van der Waals surface area contributed by atoms with Crippen LogP contribution in [0.4, 0.5) is 5.82 Å². The number of benzene rings is 2. The average Bonchev–Trinajstić information content (AvgIpc) is 2.83. The zero-order valence-electron chi connectivity index (χ0n) is 14.3. The van der Waals surface area contributed by atoms with E-state index in [0.29, 0.717) is 5.56 Å². The number of hydrogen-bond acceptors (Lipinski definition) is 3. The maximum absolute atomic E-state index is 9.50. The van der Waals surface area contributed by atoms with Crippen LogP contribution in [0.2, 0.25) is 0 Å². The fourth-order valence-electron chi connectivity index (χ4n) is 3.48. The Morgan fingerprint density at radius 3 is 2.72 bits per heavy atom. The van der Waals surface area contributed by atoms with Gasteiger partial charge in [0, 0.05) is 17.7 Å². The minimum atomic E-state index is 0.634. The predicted molar refractivity (Wildman–Crippen MR) is 99.9 cm³/mol. The molecule has 25 heavy (non-hydrogen) atoms. The summed E-state index contributed by atoms with van der Waals surface area (Å²) < 4.78 is 1.92. The predicted octanol–water partition coefficient (Wildman–Crippen LogP) is 4.47. The van der Waals surface area contributed by atoms with Crippen LogP contribution in [0.25, 0.3) is 16.9 Å². The summed E-state index contributed by atoms with van der Waals surface area (Å²) in [6, 6.07) is 18.3. The Balaban J connectivity index is 1.98. The van der Waals surface area contributed by atoms with Gasteiger partial charge < -0.3 is 5.32 Å². The molecule has 0 unspecified atom stereocenters. The minimum absolute atomic E-state index is 0.634. The highest BCUT2D eigenvalue weighted by Crippen LogP contribution is 2.35. The van der Waals surface area contributed by atoms with Gasteiger partial charge in [-0.05, 0) is 43.9 Å². The van der Waals surface area contributed by atoms with Crippen molar-refractivity contribution in [3.63, 3.8) is 0 Å². The number of nitrogens with one attached hydrogen (secondary N) is 1. The van der Waals surface area contributed by atoms with Crippen molar-refractivity contribution in [2.45, 2.75) is 26.2 Å². The van der Waals surface area contributed by atoms with E-state index in [2.05, 4.69) is 42.6 Å². The third-order valence-electron chi connectivity index (χ3n) is 4.78. The van der Waals surface area contributed by atoms with Gasteiger partial charge in [-0.3, -0.25) is 0 Å². The number of hydrogen-bond donors (Lipinski definition) is 1. The summed E-state index contributed by atoms with van der Waals surface area (Å²) in [5, 5.41) is 18.0. The first-order valence-electron chi connectivity index (χ1n) is 8.71. The lowest BCUT2D eigenvalue weighted by Gasteiger charge is -2.10. The lowest BCUT2D eigenvalue weighted by Crippen LogP contribution is -2.08. The molecule has 1 N–H and O–H groups in total. The second kappa shape index (κ2) is 6.45. The van der Waals surface area contributed by atoms with Crippen molar-refractivity contribution in [2.75, 3.05) is 11.9 Å². The van der Waals surface area contributed by atoms with Crippen molar-refractivity contribution in [3.8, 4) is 23.0 Å².